The first kappa shape index (κ1) is 18.1. The Balaban J connectivity index is 1.61. The Morgan fingerprint density at radius 2 is 2.30 bits per heavy atom. The number of nitrogens with zero attached hydrogens (tertiary/aromatic N) is 1. The number of ether oxygens (including phenoxy) is 2. The smallest absolute Gasteiger partial charge is 0.302 e. The Bertz CT molecular complexity index is 857. The van der Waals surface area contributed by atoms with Crippen molar-refractivity contribution < 1.29 is 14.3 Å². The molecule has 1 N–H and O–H groups in total. The number of carbonyl (C=O) groups is 1. The lowest BCUT2D eigenvalue weighted by molar-refractivity contribution is -0.141. The third kappa shape index (κ3) is 3.36. The fourth-order valence-electron chi connectivity index (χ4n) is 4.84. The van der Waals surface area contributed by atoms with Gasteiger partial charge in [-0.3, -0.25) is 9.69 Å². The molecule has 3 atom stereocenters. The van der Waals surface area contributed by atoms with E-state index in [2.05, 4.69) is 34.7 Å². The standard InChI is InChI=1S/C22H28N2O3/c1-4-15-13-24-9-7-18-19-12-17(26-3)5-6-20(19)23-22(18)21(24)11-16(15)8-10-27-14(2)25/h4-6,12,15-16,21,23H,1,7-11,13H2,2-3H3/t15?,16-,21-/m0/s1. The summed E-state index contributed by atoms with van der Waals surface area (Å²) >= 11 is 0. The van der Waals surface area contributed by atoms with Crippen LogP contribution in [0.5, 0.6) is 5.75 Å². The van der Waals surface area contributed by atoms with Gasteiger partial charge in [0.1, 0.15) is 5.75 Å². The second kappa shape index (κ2) is 7.39. The van der Waals surface area contributed by atoms with Crippen LogP contribution in [0.25, 0.3) is 10.9 Å². The molecule has 27 heavy (non-hydrogen) atoms. The highest BCUT2D eigenvalue weighted by Gasteiger charge is 2.39. The van der Waals surface area contributed by atoms with Gasteiger partial charge in [0.05, 0.1) is 19.8 Å². The van der Waals surface area contributed by atoms with Crippen LogP contribution in [0.4, 0.5) is 0 Å². The molecule has 2 aliphatic heterocycles. The summed E-state index contributed by atoms with van der Waals surface area (Å²) in [7, 11) is 1.71. The van der Waals surface area contributed by atoms with E-state index in [0.717, 1.165) is 38.1 Å². The summed E-state index contributed by atoms with van der Waals surface area (Å²) in [5.41, 5.74) is 3.97. The second-order valence-corrected chi connectivity index (χ2v) is 7.71. The van der Waals surface area contributed by atoms with Gasteiger partial charge in [0.15, 0.2) is 0 Å². The monoisotopic (exact) mass is 368 g/mol. The number of hydrogen-bond donors (Lipinski definition) is 1. The molecule has 5 heteroatoms. The van der Waals surface area contributed by atoms with Crippen LogP contribution >= 0.6 is 0 Å². The highest BCUT2D eigenvalue weighted by atomic mass is 16.5. The molecule has 0 spiro atoms. The Hall–Kier alpha value is -2.27. The molecule has 4 rings (SSSR count). The van der Waals surface area contributed by atoms with Crippen molar-refractivity contribution in [1.82, 2.24) is 9.88 Å². The van der Waals surface area contributed by atoms with Crippen LogP contribution < -0.4 is 4.74 Å². The van der Waals surface area contributed by atoms with E-state index in [1.807, 2.05) is 6.07 Å². The van der Waals surface area contributed by atoms with Crippen LogP contribution in [0.3, 0.4) is 0 Å². The number of nitrogens with one attached hydrogen (secondary N) is 1. The van der Waals surface area contributed by atoms with Crippen molar-refractivity contribution >= 4 is 16.9 Å². The Morgan fingerprint density at radius 1 is 1.44 bits per heavy atom. The van der Waals surface area contributed by atoms with E-state index in [1.54, 1.807) is 7.11 Å². The Morgan fingerprint density at radius 3 is 3.04 bits per heavy atom. The van der Waals surface area contributed by atoms with Gasteiger partial charge in [-0.2, -0.15) is 0 Å². The second-order valence-electron chi connectivity index (χ2n) is 7.71. The highest BCUT2D eigenvalue weighted by Crippen LogP contribution is 2.44. The molecule has 3 heterocycles. The molecule has 0 saturated carbocycles. The van der Waals surface area contributed by atoms with E-state index in [0.29, 0.717) is 24.5 Å². The minimum atomic E-state index is -0.202. The molecule has 0 aliphatic carbocycles. The molecule has 0 radical (unpaired) electrons. The summed E-state index contributed by atoms with van der Waals surface area (Å²) in [5.74, 6) is 1.63. The van der Waals surface area contributed by atoms with E-state index in [-0.39, 0.29) is 5.97 Å². The predicted octanol–water partition coefficient (Wildman–Crippen LogP) is 3.85. The van der Waals surface area contributed by atoms with E-state index in [9.17, 15) is 4.79 Å². The average Bonchev–Trinajstić information content (AvgIpc) is 3.05. The van der Waals surface area contributed by atoms with Crippen molar-refractivity contribution in [2.75, 3.05) is 26.8 Å². The molecule has 1 aromatic heterocycles. The van der Waals surface area contributed by atoms with Crippen LogP contribution in [0, 0.1) is 11.8 Å². The van der Waals surface area contributed by atoms with Gasteiger partial charge in [0.2, 0.25) is 0 Å². The number of benzene rings is 1. The summed E-state index contributed by atoms with van der Waals surface area (Å²) < 4.78 is 10.6. The van der Waals surface area contributed by atoms with Crippen LogP contribution in [0.15, 0.2) is 30.9 Å². The number of aromatic amines is 1. The summed E-state index contributed by atoms with van der Waals surface area (Å²) in [6.45, 7) is 8.12. The molecule has 0 bridgehead atoms. The van der Waals surface area contributed by atoms with Crippen molar-refractivity contribution in [3.8, 4) is 5.75 Å². The zero-order valence-electron chi connectivity index (χ0n) is 16.2. The van der Waals surface area contributed by atoms with E-state index in [4.69, 9.17) is 9.47 Å². The van der Waals surface area contributed by atoms with Gasteiger partial charge in [-0.15, -0.1) is 6.58 Å². The SMILES string of the molecule is C=CC1CN2CCc3c([nH]c4ccc(OC)cc34)[C@@H]2C[C@@H]1CCOC(C)=O. The molecule has 5 nitrogen and oxygen atoms in total. The van der Waals surface area contributed by atoms with Gasteiger partial charge in [0.25, 0.3) is 0 Å². The highest BCUT2D eigenvalue weighted by molar-refractivity contribution is 5.86. The maximum Gasteiger partial charge on any atom is 0.302 e. The van der Waals surface area contributed by atoms with Crippen LogP contribution in [-0.4, -0.2) is 42.7 Å². The van der Waals surface area contributed by atoms with Crippen LogP contribution in [0.2, 0.25) is 0 Å². The van der Waals surface area contributed by atoms with Gasteiger partial charge in [-0.05, 0) is 54.9 Å². The van der Waals surface area contributed by atoms with Crippen molar-refractivity contribution in [2.24, 2.45) is 11.8 Å². The number of aromatic nitrogens is 1. The van der Waals surface area contributed by atoms with Gasteiger partial charge >= 0.3 is 5.97 Å². The van der Waals surface area contributed by atoms with E-state index >= 15 is 0 Å². The fourth-order valence-corrected chi connectivity index (χ4v) is 4.84. The number of carbonyl (C=O) groups excluding carboxylic acids is 1. The average molecular weight is 368 g/mol. The van der Waals surface area contributed by atoms with Crippen molar-refractivity contribution in [1.29, 1.82) is 0 Å². The molecule has 2 aromatic rings. The summed E-state index contributed by atoms with van der Waals surface area (Å²) in [5, 5.41) is 1.28. The first-order chi connectivity index (χ1) is 13.1. The number of H-pyrrole nitrogens is 1. The van der Waals surface area contributed by atoms with Crippen LogP contribution in [0.1, 0.15) is 37.1 Å². The van der Waals surface area contributed by atoms with Gasteiger partial charge in [-0.1, -0.05) is 6.08 Å². The number of methoxy groups -OCH3 is 1. The number of rotatable bonds is 5. The molecule has 2 aliphatic rings. The predicted molar refractivity (Wildman–Crippen MR) is 106 cm³/mol. The van der Waals surface area contributed by atoms with Crippen molar-refractivity contribution in [2.45, 2.75) is 32.2 Å². The fraction of sp³-hybridized carbons (Fsp3) is 0.500. The summed E-state index contributed by atoms with van der Waals surface area (Å²) in [4.78, 5) is 17.4. The zero-order chi connectivity index (χ0) is 19.0. The molecule has 1 aromatic carbocycles. The number of hydrogen-bond acceptors (Lipinski definition) is 4. The minimum Gasteiger partial charge on any atom is -0.497 e. The number of fused-ring (bicyclic) bond motifs is 5. The first-order valence-corrected chi connectivity index (χ1v) is 9.79. The maximum absolute atomic E-state index is 11.1. The molecule has 1 fully saturated rings. The zero-order valence-corrected chi connectivity index (χ0v) is 16.2. The topological polar surface area (TPSA) is 54.6 Å². The van der Waals surface area contributed by atoms with Gasteiger partial charge < -0.3 is 14.5 Å². The van der Waals surface area contributed by atoms with Gasteiger partial charge in [0, 0.05) is 36.6 Å². The maximum atomic E-state index is 11.1. The first-order valence-electron chi connectivity index (χ1n) is 9.79. The lowest BCUT2D eigenvalue weighted by Gasteiger charge is -2.45. The Kier molecular flexibility index (Phi) is 4.96. The largest absolute Gasteiger partial charge is 0.497 e. The van der Waals surface area contributed by atoms with E-state index < -0.39 is 0 Å². The lowest BCUT2D eigenvalue weighted by atomic mass is 9.77. The molecular formula is C22H28N2O3. The number of esters is 1. The van der Waals surface area contributed by atoms with Gasteiger partial charge in [-0.25, -0.2) is 0 Å². The molecule has 1 unspecified atom stereocenters. The third-order valence-corrected chi connectivity index (χ3v) is 6.24. The van der Waals surface area contributed by atoms with Crippen LogP contribution in [-0.2, 0) is 16.0 Å². The third-order valence-electron chi connectivity index (χ3n) is 6.24. The number of piperidine rings is 1. The van der Waals surface area contributed by atoms with E-state index in [1.165, 1.54) is 29.1 Å². The quantitative estimate of drug-likeness (QED) is 0.643. The summed E-state index contributed by atoms with van der Waals surface area (Å²) in [6, 6.07) is 6.67. The van der Waals surface area contributed by atoms with Crippen molar-refractivity contribution in [3.05, 3.63) is 42.1 Å². The Labute approximate surface area is 160 Å². The van der Waals surface area contributed by atoms with Crippen molar-refractivity contribution in [3.63, 3.8) is 0 Å². The molecule has 0 amide bonds. The normalized spacial score (nSPS) is 24.9. The molecular weight excluding hydrogens is 340 g/mol. The molecule has 1 saturated heterocycles. The summed E-state index contributed by atoms with van der Waals surface area (Å²) in [6.07, 6.45) is 5.10. The minimum absolute atomic E-state index is 0.202. The lowest BCUT2D eigenvalue weighted by Crippen LogP contribution is -2.45. The molecule has 144 valence electrons.